The largest absolute Gasteiger partial charge is 0.324 e. The lowest BCUT2D eigenvalue weighted by molar-refractivity contribution is -0.115. The average Bonchev–Trinajstić information content (AvgIpc) is 3.00. The Bertz CT molecular complexity index is 848. The van der Waals surface area contributed by atoms with Gasteiger partial charge in [-0.2, -0.15) is 5.10 Å². The smallest absolute Gasteiger partial charge is 0.228 e. The van der Waals surface area contributed by atoms with Gasteiger partial charge in [-0.05, 0) is 48.7 Å². The number of aryl methyl sites for hydroxylation is 2. The van der Waals surface area contributed by atoms with E-state index < -0.39 is 0 Å². The Balaban J connectivity index is 1.71. The summed E-state index contributed by atoms with van der Waals surface area (Å²) in [5.74, 6) is -0.114. The van der Waals surface area contributed by atoms with Gasteiger partial charge >= 0.3 is 0 Å². The molecule has 0 aliphatic rings. The third-order valence-electron chi connectivity index (χ3n) is 3.72. The molecule has 2 aromatic carbocycles. The van der Waals surface area contributed by atoms with Crippen LogP contribution in [0.25, 0.3) is 5.69 Å². The number of benzene rings is 2. The third kappa shape index (κ3) is 3.66. The van der Waals surface area contributed by atoms with Crippen LogP contribution in [0, 0.1) is 13.8 Å². The number of carbonyl (C=O) groups excluding carboxylic acids is 1. The molecule has 1 heterocycles. The molecular formula is C19H18ClN3O. The lowest BCUT2D eigenvalue weighted by atomic mass is 10.1. The van der Waals surface area contributed by atoms with E-state index in [1.54, 1.807) is 10.9 Å². The Hall–Kier alpha value is -2.59. The van der Waals surface area contributed by atoms with Crippen LogP contribution in [0.4, 0.5) is 5.69 Å². The van der Waals surface area contributed by atoms with Crippen LogP contribution in [0.3, 0.4) is 0 Å². The van der Waals surface area contributed by atoms with Crippen molar-refractivity contribution in [2.75, 3.05) is 5.32 Å². The Kier molecular flexibility index (Phi) is 4.67. The van der Waals surface area contributed by atoms with Gasteiger partial charge in [-0.3, -0.25) is 4.79 Å². The summed E-state index contributed by atoms with van der Waals surface area (Å²) in [6.45, 7) is 3.91. The summed E-state index contributed by atoms with van der Waals surface area (Å²) in [5, 5.41) is 7.76. The molecule has 24 heavy (non-hydrogen) atoms. The summed E-state index contributed by atoms with van der Waals surface area (Å²) in [7, 11) is 0. The maximum Gasteiger partial charge on any atom is 0.228 e. The first-order chi connectivity index (χ1) is 11.5. The Morgan fingerprint density at radius 3 is 2.67 bits per heavy atom. The number of hydrogen-bond donors (Lipinski definition) is 1. The quantitative estimate of drug-likeness (QED) is 0.769. The molecule has 0 spiro atoms. The van der Waals surface area contributed by atoms with Gasteiger partial charge in [0.25, 0.3) is 0 Å². The first-order valence-corrected chi connectivity index (χ1v) is 8.06. The highest BCUT2D eigenvalue weighted by Crippen LogP contribution is 2.27. The van der Waals surface area contributed by atoms with Crippen molar-refractivity contribution >= 4 is 23.2 Å². The van der Waals surface area contributed by atoms with Crippen molar-refractivity contribution < 1.29 is 4.79 Å². The van der Waals surface area contributed by atoms with Crippen molar-refractivity contribution in [1.82, 2.24) is 9.78 Å². The standard InChI is InChI=1S/C19H18ClN3O/c1-13-8-14(2)19(17(20)9-13)22-18(24)10-15-11-21-23(12-15)16-6-4-3-5-7-16/h3-9,11-12H,10H2,1-2H3,(H,22,24). The minimum atomic E-state index is -0.114. The van der Waals surface area contributed by atoms with Crippen LogP contribution in [0.5, 0.6) is 0 Å². The Labute approximate surface area is 146 Å². The number of hydrogen-bond acceptors (Lipinski definition) is 2. The van der Waals surface area contributed by atoms with Crippen LogP contribution in [0.15, 0.2) is 54.9 Å². The second kappa shape index (κ2) is 6.89. The molecule has 1 aromatic heterocycles. The van der Waals surface area contributed by atoms with Gasteiger partial charge in [0.1, 0.15) is 0 Å². The highest BCUT2D eigenvalue weighted by molar-refractivity contribution is 6.34. The molecule has 4 nitrogen and oxygen atoms in total. The second-order valence-corrected chi connectivity index (χ2v) is 6.20. The van der Waals surface area contributed by atoms with Crippen molar-refractivity contribution in [3.63, 3.8) is 0 Å². The topological polar surface area (TPSA) is 46.9 Å². The number of nitrogens with one attached hydrogen (secondary N) is 1. The first-order valence-electron chi connectivity index (χ1n) is 7.68. The van der Waals surface area contributed by atoms with Gasteiger partial charge < -0.3 is 5.32 Å². The van der Waals surface area contributed by atoms with Crippen molar-refractivity contribution in [3.8, 4) is 5.69 Å². The highest BCUT2D eigenvalue weighted by atomic mass is 35.5. The molecule has 5 heteroatoms. The van der Waals surface area contributed by atoms with Gasteiger partial charge in [-0.1, -0.05) is 35.9 Å². The number of rotatable bonds is 4. The van der Waals surface area contributed by atoms with Crippen LogP contribution < -0.4 is 5.32 Å². The maximum atomic E-state index is 12.3. The lowest BCUT2D eigenvalue weighted by Gasteiger charge is -2.11. The molecule has 3 rings (SSSR count). The van der Waals surface area contributed by atoms with Crippen LogP contribution in [0.1, 0.15) is 16.7 Å². The van der Waals surface area contributed by atoms with Gasteiger partial charge in [-0.15, -0.1) is 0 Å². The summed E-state index contributed by atoms with van der Waals surface area (Å²) in [4.78, 5) is 12.3. The zero-order chi connectivity index (χ0) is 17.1. The molecule has 0 aliphatic carbocycles. The molecule has 1 N–H and O–H groups in total. The molecule has 0 saturated carbocycles. The van der Waals surface area contributed by atoms with E-state index in [0.29, 0.717) is 10.7 Å². The number of para-hydroxylation sites is 1. The molecule has 3 aromatic rings. The summed E-state index contributed by atoms with van der Waals surface area (Å²) >= 11 is 6.23. The summed E-state index contributed by atoms with van der Waals surface area (Å²) in [6.07, 6.45) is 3.81. The third-order valence-corrected chi connectivity index (χ3v) is 4.02. The van der Waals surface area contributed by atoms with Gasteiger partial charge in [0.15, 0.2) is 0 Å². The normalized spacial score (nSPS) is 10.6. The molecule has 1 amide bonds. The van der Waals surface area contributed by atoms with E-state index in [9.17, 15) is 4.79 Å². The van der Waals surface area contributed by atoms with Gasteiger partial charge in [0.2, 0.25) is 5.91 Å². The van der Waals surface area contributed by atoms with Gasteiger partial charge in [0, 0.05) is 6.20 Å². The number of anilines is 1. The van der Waals surface area contributed by atoms with Crippen LogP contribution in [0.2, 0.25) is 5.02 Å². The number of carbonyl (C=O) groups is 1. The summed E-state index contributed by atoms with van der Waals surface area (Å²) in [5.41, 5.74) is 4.49. The van der Waals surface area contributed by atoms with E-state index in [0.717, 1.165) is 22.4 Å². The van der Waals surface area contributed by atoms with E-state index in [1.165, 1.54) is 0 Å². The molecule has 0 unspecified atom stereocenters. The fourth-order valence-electron chi connectivity index (χ4n) is 2.62. The number of nitrogens with zero attached hydrogens (tertiary/aromatic N) is 2. The molecular weight excluding hydrogens is 322 g/mol. The maximum absolute atomic E-state index is 12.3. The average molecular weight is 340 g/mol. The number of aromatic nitrogens is 2. The molecule has 122 valence electrons. The summed E-state index contributed by atoms with van der Waals surface area (Å²) < 4.78 is 1.76. The van der Waals surface area contributed by atoms with Crippen molar-refractivity contribution in [3.05, 3.63) is 76.6 Å². The van der Waals surface area contributed by atoms with Crippen molar-refractivity contribution in [2.45, 2.75) is 20.3 Å². The lowest BCUT2D eigenvalue weighted by Crippen LogP contribution is -2.15. The SMILES string of the molecule is Cc1cc(C)c(NC(=O)Cc2cnn(-c3ccccc3)c2)c(Cl)c1. The molecule has 0 radical (unpaired) electrons. The van der Waals surface area contributed by atoms with Crippen molar-refractivity contribution in [1.29, 1.82) is 0 Å². The van der Waals surface area contributed by atoms with Gasteiger partial charge in [0.05, 0.1) is 29.0 Å². The Morgan fingerprint density at radius 1 is 1.21 bits per heavy atom. The first kappa shape index (κ1) is 16.3. The number of amides is 1. The molecule has 0 aliphatic heterocycles. The monoisotopic (exact) mass is 339 g/mol. The minimum Gasteiger partial charge on any atom is -0.324 e. The molecule has 0 fully saturated rings. The van der Waals surface area contributed by atoms with Crippen LogP contribution in [-0.2, 0) is 11.2 Å². The molecule has 0 saturated heterocycles. The number of halogens is 1. The van der Waals surface area contributed by atoms with Gasteiger partial charge in [-0.25, -0.2) is 4.68 Å². The highest BCUT2D eigenvalue weighted by Gasteiger charge is 2.11. The van der Waals surface area contributed by atoms with E-state index >= 15 is 0 Å². The predicted molar refractivity (Wildman–Crippen MR) is 96.8 cm³/mol. The molecule has 0 atom stereocenters. The summed E-state index contributed by atoms with van der Waals surface area (Å²) in [6, 6.07) is 13.6. The fourth-order valence-corrected chi connectivity index (χ4v) is 2.98. The van der Waals surface area contributed by atoms with Crippen molar-refractivity contribution in [2.24, 2.45) is 0 Å². The zero-order valence-electron chi connectivity index (χ0n) is 13.6. The second-order valence-electron chi connectivity index (χ2n) is 5.79. The fraction of sp³-hybridized carbons (Fsp3) is 0.158. The van der Waals surface area contributed by atoms with E-state index in [2.05, 4.69) is 10.4 Å². The van der Waals surface area contributed by atoms with Crippen LogP contribution >= 0.6 is 11.6 Å². The minimum absolute atomic E-state index is 0.114. The Morgan fingerprint density at radius 2 is 1.96 bits per heavy atom. The van der Waals surface area contributed by atoms with E-state index in [1.807, 2.05) is 62.5 Å². The van der Waals surface area contributed by atoms with Crippen LogP contribution in [-0.4, -0.2) is 15.7 Å². The zero-order valence-corrected chi connectivity index (χ0v) is 14.3. The molecule has 0 bridgehead atoms. The van der Waals surface area contributed by atoms with E-state index in [-0.39, 0.29) is 12.3 Å². The van der Waals surface area contributed by atoms with E-state index in [4.69, 9.17) is 11.6 Å². The predicted octanol–water partition coefficient (Wildman–Crippen LogP) is 4.32.